The number of aryl methyl sites for hydroxylation is 2. The van der Waals surface area contributed by atoms with Crippen LogP contribution in [0.5, 0.6) is 0 Å². The van der Waals surface area contributed by atoms with Crippen molar-refractivity contribution in [1.82, 2.24) is 9.88 Å². The summed E-state index contributed by atoms with van der Waals surface area (Å²) in [6.07, 6.45) is 0.596. The van der Waals surface area contributed by atoms with Crippen molar-refractivity contribution in [3.63, 3.8) is 0 Å². The number of carbonyl (C=O) groups excluding carboxylic acids is 1. The van der Waals surface area contributed by atoms with E-state index in [0.29, 0.717) is 6.42 Å². The maximum absolute atomic E-state index is 12.5. The van der Waals surface area contributed by atoms with E-state index < -0.39 is 0 Å². The van der Waals surface area contributed by atoms with Gasteiger partial charge in [0.15, 0.2) is 5.13 Å². The number of rotatable bonds is 5. The fraction of sp³-hybridized carbons (Fsp3) is 0.364. The molecule has 0 unspecified atom stereocenters. The van der Waals surface area contributed by atoms with Crippen LogP contribution in [-0.2, 0) is 4.79 Å². The van der Waals surface area contributed by atoms with Crippen LogP contribution in [0, 0.1) is 13.8 Å². The van der Waals surface area contributed by atoms with Gasteiger partial charge in [0.1, 0.15) is 0 Å². The Bertz CT molecular complexity index is 963. The number of amides is 1. The molecule has 1 aromatic heterocycles. The molecule has 6 heteroatoms. The van der Waals surface area contributed by atoms with Gasteiger partial charge in [0, 0.05) is 43.2 Å². The van der Waals surface area contributed by atoms with Crippen LogP contribution in [0.2, 0.25) is 0 Å². The fourth-order valence-corrected chi connectivity index (χ4v) is 5.51. The van der Waals surface area contributed by atoms with Gasteiger partial charge in [-0.1, -0.05) is 35.6 Å². The summed E-state index contributed by atoms with van der Waals surface area (Å²) in [5.74, 6) is 1.10. The van der Waals surface area contributed by atoms with Crippen LogP contribution >= 0.6 is 23.1 Å². The minimum atomic E-state index is 0.263. The van der Waals surface area contributed by atoms with Gasteiger partial charge in [-0.05, 0) is 43.2 Å². The topological polar surface area (TPSA) is 36.4 Å². The van der Waals surface area contributed by atoms with Crippen LogP contribution in [0.4, 0.5) is 5.13 Å². The first kappa shape index (κ1) is 19.3. The third-order valence-electron chi connectivity index (χ3n) is 5.04. The number of hydrogen-bond donors (Lipinski definition) is 0. The van der Waals surface area contributed by atoms with Gasteiger partial charge in [-0.2, -0.15) is 0 Å². The second-order valence-electron chi connectivity index (χ2n) is 7.21. The maximum Gasteiger partial charge on any atom is 0.223 e. The first-order valence-electron chi connectivity index (χ1n) is 9.68. The highest BCUT2D eigenvalue weighted by Crippen LogP contribution is 2.32. The Balaban J connectivity index is 1.30. The number of nitrogens with zero attached hydrogens (tertiary/aromatic N) is 3. The van der Waals surface area contributed by atoms with Crippen molar-refractivity contribution in [3.05, 3.63) is 53.6 Å². The molecule has 4 nitrogen and oxygen atoms in total. The fourth-order valence-electron chi connectivity index (χ4n) is 3.58. The van der Waals surface area contributed by atoms with Gasteiger partial charge in [-0.3, -0.25) is 4.79 Å². The van der Waals surface area contributed by atoms with E-state index in [1.54, 1.807) is 23.1 Å². The molecule has 0 N–H and O–H groups in total. The van der Waals surface area contributed by atoms with Crippen LogP contribution in [0.3, 0.4) is 0 Å². The quantitative estimate of drug-likeness (QED) is 0.568. The highest BCUT2D eigenvalue weighted by atomic mass is 32.2. The molecular weight excluding hydrogens is 386 g/mol. The number of fused-ring (bicyclic) bond motifs is 1. The monoisotopic (exact) mass is 411 g/mol. The molecule has 0 radical (unpaired) electrons. The van der Waals surface area contributed by atoms with Gasteiger partial charge >= 0.3 is 0 Å². The lowest BCUT2D eigenvalue weighted by Gasteiger charge is -2.34. The van der Waals surface area contributed by atoms with Gasteiger partial charge in [-0.15, -0.1) is 11.8 Å². The number of aromatic nitrogens is 1. The number of anilines is 1. The minimum absolute atomic E-state index is 0.263. The van der Waals surface area contributed by atoms with E-state index in [1.165, 1.54) is 20.7 Å². The van der Waals surface area contributed by atoms with Crippen LogP contribution < -0.4 is 4.90 Å². The normalized spacial score (nSPS) is 14.6. The molecule has 4 rings (SSSR count). The van der Waals surface area contributed by atoms with E-state index in [2.05, 4.69) is 43.0 Å². The predicted octanol–water partition coefficient (Wildman–Crippen LogP) is 4.74. The lowest BCUT2D eigenvalue weighted by atomic mass is 10.1. The van der Waals surface area contributed by atoms with Gasteiger partial charge in [-0.25, -0.2) is 4.98 Å². The summed E-state index contributed by atoms with van der Waals surface area (Å²) >= 11 is 3.52. The highest BCUT2D eigenvalue weighted by Gasteiger charge is 2.23. The van der Waals surface area contributed by atoms with Crippen molar-refractivity contribution in [1.29, 1.82) is 0 Å². The molecule has 2 aromatic carbocycles. The van der Waals surface area contributed by atoms with Crippen molar-refractivity contribution in [2.45, 2.75) is 25.2 Å². The van der Waals surface area contributed by atoms with E-state index >= 15 is 0 Å². The molecule has 0 atom stereocenters. The Hall–Kier alpha value is -2.05. The second kappa shape index (κ2) is 8.53. The first-order chi connectivity index (χ1) is 13.6. The highest BCUT2D eigenvalue weighted by molar-refractivity contribution is 7.99. The Morgan fingerprint density at radius 2 is 1.86 bits per heavy atom. The third-order valence-corrected chi connectivity index (χ3v) is 7.32. The Morgan fingerprint density at radius 1 is 1.11 bits per heavy atom. The molecule has 1 saturated heterocycles. The van der Waals surface area contributed by atoms with Gasteiger partial charge in [0.25, 0.3) is 0 Å². The SMILES string of the molecule is Cc1cc(C)c2sc(N3CCN(C(=O)CCSc4ccccc4)CC3)nc2c1. The lowest BCUT2D eigenvalue weighted by molar-refractivity contribution is -0.131. The van der Waals surface area contributed by atoms with E-state index in [-0.39, 0.29) is 5.91 Å². The molecule has 28 heavy (non-hydrogen) atoms. The maximum atomic E-state index is 12.5. The molecule has 0 saturated carbocycles. The summed E-state index contributed by atoms with van der Waals surface area (Å²) in [6.45, 7) is 7.55. The molecule has 1 aliphatic heterocycles. The molecule has 1 amide bonds. The zero-order chi connectivity index (χ0) is 19.5. The van der Waals surface area contributed by atoms with Gasteiger partial charge in [0.2, 0.25) is 5.91 Å². The summed E-state index contributed by atoms with van der Waals surface area (Å²) in [5.41, 5.74) is 3.64. The van der Waals surface area contributed by atoms with Crippen molar-refractivity contribution in [2.75, 3.05) is 36.8 Å². The zero-order valence-electron chi connectivity index (χ0n) is 16.4. The Morgan fingerprint density at radius 3 is 2.61 bits per heavy atom. The number of thioether (sulfide) groups is 1. The average Bonchev–Trinajstić information content (AvgIpc) is 3.13. The van der Waals surface area contributed by atoms with Crippen molar-refractivity contribution in [3.8, 4) is 0 Å². The molecule has 0 aliphatic carbocycles. The number of thiazole rings is 1. The van der Waals surface area contributed by atoms with E-state index in [4.69, 9.17) is 4.98 Å². The zero-order valence-corrected chi connectivity index (χ0v) is 18.0. The molecule has 2 heterocycles. The van der Waals surface area contributed by atoms with Crippen LogP contribution in [-0.4, -0.2) is 47.7 Å². The predicted molar refractivity (Wildman–Crippen MR) is 120 cm³/mol. The average molecular weight is 412 g/mol. The lowest BCUT2D eigenvalue weighted by Crippen LogP contribution is -2.48. The number of carbonyl (C=O) groups is 1. The van der Waals surface area contributed by atoms with Crippen LogP contribution in [0.1, 0.15) is 17.5 Å². The second-order valence-corrected chi connectivity index (χ2v) is 9.35. The molecule has 146 valence electrons. The third kappa shape index (κ3) is 4.33. The molecule has 3 aromatic rings. The molecule has 1 fully saturated rings. The van der Waals surface area contributed by atoms with Gasteiger partial charge in [0.05, 0.1) is 10.2 Å². The standard InChI is InChI=1S/C22H25N3OS2/c1-16-14-17(2)21-19(15-16)23-22(28-21)25-11-9-24(10-12-25)20(26)8-13-27-18-6-4-3-5-7-18/h3-7,14-15H,8-13H2,1-2H3. The summed E-state index contributed by atoms with van der Waals surface area (Å²) in [5, 5.41) is 1.08. The van der Waals surface area contributed by atoms with Crippen molar-refractivity contribution in [2.24, 2.45) is 0 Å². The smallest absolute Gasteiger partial charge is 0.223 e. The van der Waals surface area contributed by atoms with Crippen LogP contribution in [0.25, 0.3) is 10.2 Å². The summed E-state index contributed by atoms with van der Waals surface area (Å²) in [6, 6.07) is 14.6. The molecular formula is C22H25N3OS2. The number of benzene rings is 2. The van der Waals surface area contributed by atoms with E-state index in [9.17, 15) is 4.79 Å². The molecule has 1 aliphatic rings. The summed E-state index contributed by atoms with van der Waals surface area (Å²) < 4.78 is 1.28. The summed E-state index contributed by atoms with van der Waals surface area (Å²) in [7, 11) is 0. The molecule has 0 spiro atoms. The van der Waals surface area contributed by atoms with E-state index in [1.807, 2.05) is 23.1 Å². The number of piperazine rings is 1. The van der Waals surface area contributed by atoms with Crippen LogP contribution in [0.15, 0.2) is 47.4 Å². The Kier molecular flexibility index (Phi) is 5.87. The van der Waals surface area contributed by atoms with Crippen molar-refractivity contribution >= 4 is 44.4 Å². The van der Waals surface area contributed by atoms with Crippen molar-refractivity contribution < 1.29 is 4.79 Å². The number of hydrogen-bond acceptors (Lipinski definition) is 5. The van der Waals surface area contributed by atoms with Gasteiger partial charge < -0.3 is 9.80 Å². The largest absolute Gasteiger partial charge is 0.345 e. The summed E-state index contributed by atoms with van der Waals surface area (Å²) in [4.78, 5) is 22.9. The first-order valence-corrected chi connectivity index (χ1v) is 11.5. The molecule has 0 bridgehead atoms. The van der Waals surface area contributed by atoms with E-state index in [0.717, 1.165) is 42.6 Å². The minimum Gasteiger partial charge on any atom is -0.345 e. The Labute approximate surface area is 174 Å².